The van der Waals surface area contributed by atoms with Crippen LogP contribution in [0.5, 0.6) is 5.88 Å². The maximum Gasteiger partial charge on any atom is 0.212 e. The molecular weight excluding hydrogens is 276 g/mol. The first-order valence-electron chi connectivity index (χ1n) is 7.93. The number of piperidine rings is 1. The molecule has 1 unspecified atom stereocenters. The molecule has 0 amide bonds. The minimum absolute atomic E-state index is 0.677. The fourth-order valence-electron chi connectivity index (χ4n) is 3.20. The zero-order valence-corrected chi connectivity index (χ0v) is 13.4. The summed E-state index contributed by atoms with van der Waals surface area (Å²) in [7, 11) is 1.65. The van der Waals surface area contributed by atoms with Crippen LogP contribution in [0.3, 0.4) is 0 Å². The zero-order chi connectivity index (χ0) is 15.4. The first-order valence-corrected chi connectivity index (χ1v) is 7.93. The molecule has 0 spiro atoms. The van der Waals surface area contributed by atoms with Gasteiger partial charge in [-0.2, -0.15) is 0 Å². The van der Waals surface area contributed by atoms with E-state index in [-0.39, 0.29) is 0 Å². The summed E-state index contributed by atoms with van der Waals surface area (Å²) in [4.78, 5) is 11.1. The number of methoxy groups -OCH3 is 1. The first-order chi connectivity index (χ1) is 10.7. The summed E-state index contributed by atoms with van der Waals surface area (Å²) in [6.07, 6.45) is 8.46. The zero-order valence-electron chi connectivity index (χ0n) is 13.4. The van der Waals surface area contributed by atoms with Crippen molar-refractivity contribution in [3.8, 4) is 5.88 Å². The number of pyridine rings is 1. The van der Waals surface area contributed by atoms with E-state index < -0.39 is 0 Å². The van der Waals surface area contributed by atoms with Gasteiger partial charge in [-0.25, -0.2) is 9.97 Å². The van der Waals surface area contributed by atoms with Gasteiger partial charge in [0.05, 0.1) is 7.11 Å². The maximum absolute atomic E-state index is 5.11. The van der Waals surface area contributed by atoms with Gasteiger partial charge in [0.2, 0.25) is 5.88 Å². The molecule has 2 aromatic heterocycles. The summed E-state index contributed by atoms with van der Waals surface area (Å²) < 4.78 is 7.38. The van der Waals surface area contributed by atoms with Crippen LogP contribution in [-0.2, 0) is 13.1 Å². The Morgan fingerprint density at radius 2 is 2.23 bits per heavy atom. The quantitative estimate of drug-likeness (QED) is 0.851. The van der Waals surface area contributed by atoms with Gasteiger partial charge < -0.3 is 9.30 Å². The smallest absolute Gasteiger partial charge is 0.212 e. The Balaban J connectivity index is 1.57. The normalized spacial score (nSPS) is 19.3. The van der Waals surface area contributed by atoms with Gasteiger partial charge in [-0.05, 0) is 37.8 Å². The van der Waals surface area contributed by atoms with Crippen molar-refractivity contribution in [2.45, 2.75) is 32.9 Å². The van der Waals surface area contributed by atoms with Gasteiger partial charge in [0.1, 0.15) is 5.82 Å². The van der Waals surface area contributed by atoms with Crippen molar-refractivity contribution >= 4 is 0 Å². The van der Waals surface area contributed by atoms with Crippen LogP contribution >= 0.6 is 0 Å². The van der Waals surface area contributed by atoms with Crippen molar-refractivity contribution in [3.05, 3.63) is 42.1 Å². The highest BCUT2D eigenvalue weighted by atomic mass is 16.5. The van der Waals surface area contributed by atoms with E-state index in [1.54, 1.807) is 7.11 Å². The molecule has 118 valence electrons. The van der Waals surface area contributed by atoms with Crippen LogP contribution in [0.4, 0.5) is 0 Å². The average molecular weight is 300 g/mol. The number of hydrogen-bond acceptors (Lipinski definition) is 4. The summed E-state index contributed by atoms with van der Waals surface area (Å²) in [5.74, 6) is 2.49. The highest BCUT2D eigenvalue weighted by Gasteiger charge is 2.20. The van der Waals surface area contributed by atoms with Crippen molar-refractivity contribution in [2.75, 3.05) is 20.2 Å². The lowest BCUT2D eigenvalue weighted by molar-refractivity contribution is 0.155. The fourth-order valence-corrected chi connectivity index (χ4v) is 3.20. The van der Waals surface area contributed by atoms with E-state index in [1.807, 2.05) is 18.5 Å². The molecule has 1 saturated heterocycles. The third-order valence-electron chi connectivity index (χ3n) is 4.39. The van der Waals surface area contributed by atoms with Gasteiger partial charge in [0, 0.05) is 44.3 Å². The number of aromatic nitrogens is 3. The van der Waals surface area contributed by atoms with Crippen molar-refractivity contribution in [3.63, 3.8) is 0 Å². The summed E-state index contributed by atoms with van der Waals surface area (Å²) in [5, 5.41) is 0. The molecule has 0 aliphatic carbocycles. The molecule has 2 aromatic rings. The van der Waals surface area contributed by atoms with Crippen molar-refractivity contribution in [2.24, 2.45) is 5.92 Å². The van der Waals surface area contributed by atoms with Crippen molar-refractivity contribution < 1.29 is 4.74 Å². The van der Waals surface area contributed by atoms with Crippen LogP contribution in [0, 0.1) is 12.8 Å². The van der Waals surface area contributed by atoms with E-state index in [9.17, 15) is 0 Å². The molecule has 1 atom stereocenters. The van der Waals surface area contributed by atoms with E-state index in [4.69, 9.17) is 4.74 Å². The lowest BCUT2D eigenvalue weighted by atomic mass is 9.97. The molecule has 0 saturated carbocycles. The number of ether oxygens (including phenoxy) is 1. The number of likely N-dealkylation sites (tertiary alicyclic amines) is 1. The van der Waals surface area contributed by atoms with Crippen LogP contribution < -0.4 is 4.74 Å². The predicted octanol–water partition coefficient (Wildman–Crippen LogP) is 2.51. The molecule has 22 heavy (non-hydrogen) atoms. The van der Waals surface area contributed by atoms with Crippen LogP contribution in [-0.4, -0.2) is 39.6 Å². The van der Waals surface area contributed by atoms with Gasteiger partial charge in [-0.3, -0.25) is 4.90 Å². The average Bonchev–Trinajstić information content (AvgIpc) is 2.94. The van der Waals surface area contributed by atoms with Crippen LogP contribution in [0.2, 0.25) is 0 Å². The minimum Gasteiger partial charge on any atom is -0.481 e. The predicted molar refractivity (Wildman–Crippen MR) is 85.8 cm³/mol. The van der Waals surface area contributed by atoms with E-state index >= 15 is 0 Å². The number of hydrogen-bond donors (Lipinski definition) is 0. The summed E-state index contributed by atoms with van der Waals surface area (Å²) >= 11 is 0. The van der Waals surface area contributed by atoms with Crippen LogP contribution in [0.1, 0.15) is 24.2 Å². The Hall–Kier alpha value is -1.88. The molecule has 3 heterocycles. The number of imidazole rings is 1. The van der Waals surface area contributed by atoms with Gasteiger partial charge in [0.25, 0.3) is 0 Å². The standard InChI is InChI=1S/C17H24N4O/c1-14-18-7-9-21(14)13-16-4-3-8-20(12-16)11-15-5-6-17(22-2)19-10-15/h5-7,9-10,16H,3-4,8,11-13H2,1-2H3. The molecule has 3 rings (SSSR count). The van der Waals surface area contributed by atoms with E-state index in [0.717, 1.165) is 25.5 Å². The second-order valence-corrected chi connectivity index (χ2v) is 6.08. The number of aryl methyl sites for hydroxylation is 1. The lowest BCUT2D eigenvalue weighted by Crippen LogP contribution is -2.36. The van der Waals surface area contributed by atoms with Crippen LogP contribution in [0.25, 0.3) is 0 Å². The monoisotopic (exact) mass is 300 g/mol. The van der Waals surface area contributed by atoms with E-state index in [0.29, 0.717) is 11.8 Å². The maximum atomic E-state index is 5.11. The summed E-state index contributed by atoms with van der Waals surface area (Å²) in [6.45, 7) is 6.43. The highest BCUT2D eigenvalue weighted by Crippen LogP contribution is 2.21. The molecule has 0 aromatic carbocycles. The number of rotatable bonds is 5. The van der Waals surface area contributed by atoms with Crippen molar-refractivity contribution in [1.29, 1.82) is 0 Å². The fraction of sp³-hybridized carbons (Fsp3) is 0.529. The third-order valence-corrected chi connectivity index (χ3v) is 4.39. The largest absolute Gasteiger partial charge is 0.481 e. The molecule has 1 fully saturated rings. The Morgan fingerprint density at radius 1 is 1.32 bits per heavy atom. The van der Waals surface area contributed by atoms with E-state index in [1.165, 1.54) is 24.9 Å². The summed E-state index contributed by atoms with van der Waals surface area (Å²) in [6, 6.07) is 4.04. The Morgan fingerprint density at radius 3 is 2.91 bits per heavy atom. The van der Waals surface area contributed by atoms with E-state index in [2.05, 4.69) is 38.6 Å². The molecule has 0 radical (unpaired) electrons. The molecule has 5 heteroatoms. The molecule has 0 bridgehead atoms. The second-order valence-electron chi connectivity index (χ2n) is 6.08. The molecular formula is C17H24N4O. The Bertz CT molecular complexity index is 593. The first kappa shape index (κ1) is 15.0. The lowest BCUT2D eigenvalue weighted by Gasteiger charge is -2.33. The molecule has 1 aliphatic heterocycles. The molecule has 5 nitrogen and oxygen atoms in total. The highest BCUT2D eigenvalue weighted by molar-refractivity contribution is 5.17. The van der Waals surface area contributed by atoms with Gasteiger partial charge in [-0.15, -0.1) is 0 Å². The Kier molecular flexibility index (Phi) is 4.73. The minimum atomic E-state index is 0.677. The van der Waals surface area contributed by atoms with Gasteiger partial charge in [-0.1, -0.05) is 6.07 Å². The topological polar surface area (TPSA) is 43.2 Å². The van der Waals surface area contributed by atoms with Gasteiger partial charge in [0.15, 0.2) is 0 Å². The van der Waals surface area contributed by atoms with Gasteiger partial charge >= 0.3 is 0 Å². The van der Waals surface area contributed by atoms with Crippen molar-refractivity contribution in [1.82, 2.24) is 19.4 Å². The third kappa shape index (κ3) is 3.65. The Labute approximate surface area is 131 Å². The molecule has 1 aliphatic rings. The summed E-state index contributed by atoms with van der Waals surface area (Å²) in [5.41, 5.74) is 1.25. The SMILES string of the molecule is COc1ccc(CN2CCCC(Cn3ccnc3C)C2)cn1. The number of nitrogens with zero attached hydrogens (tertiary/aromatic N) is 4. The second kappa shape index (κ2) is 6.92. The van der Waals surface area contributed by atoms with Crippen LogP contribution in [0.15, 0.2) is 30.7 Å². The molecule has 0 N–H and O–H groups in total.